The zero-order chi connectivity index (χ0) is 17.4. The van der Waals surface area contributed by atoms with E-state index in [-0.39, 0.29) is 18.8 Å². The summed E-state index contributed by atoms with van der Waals surface area (Å²) in [5.41, 5.74) is 0.439. The van der Waals surface area contributed by atoms with E-state index >= 15 is 0 Å². The fraction of sp³-hybridized carbons (Fsp3) is 0.294. The molecule has 0 aromatic heterocycles. The number of rotatable bonds is 7. The number of carbonyl (C=O) groups is 2. The molecule has 1 atom stereocenters. The third-order valence-electron chi connectivity index (χ3n) is 2.70. The summed E-state index contributed by atoms with van der Waals surface area (Å²) >= 11 is 3.33. The molecule has 122 valence electrons. The fourth-order valence-corrected chi connectivity index (χ4v) is 2.17. The van der Waals surface area contributed by atoms with Crippen LogP contribution in [0.1, 0.15) is 25.5 Å². The summed E-state index contributed by atoms with van der Waals surface area (Å²) in [4.78, 5) is 23.4. The lowest BCUT2D eigenvalue weighted by Gasteiger charge is -2.21. The number of hydrogen-bond donors (Lipinski definition) is 0. The molecular formula is C17H17BrO5. The first-order chi connectivity index (χ1) is 10.9. The minimum absolute atomic E-state index is 0.00860. The zero-order valence-electron chi connectivity index (χ0n) is 12.9. The zero-order valence-corrected chi connectivity index (χ0v) is 14.5. The van der Waals surface area contributed by atoms with Crippen molar-refractivity contribution in [2.75, 3.05) is 13.2 Å². The van der Waals surface area contributed by atoms with E-state index in [2.05, 4.69) is 28.4 Å². The molecule has 0 bridgehead atoms. The van der Waals surface area contributed by atoms with Crippen LogP contribution >= 0.6 is 15.9 Å². The van der Waals surface area contributed by atoms with Crippen LogP contribution in [-0.4, -0.2) is 25.2 Å². The molecule has 0 aliphatic heterocycles. The van der Waals surface area contributed by atoms with E-state index in [0.29, 0.717) is 11.3 Å². The summed E-state index contributed by atoms with van der Waals surface area (Å²) < 4.78 is 16.3. The summed E-state index contributed by atoms with van der Waals surface area (Å²) in [7, 11) is 0. The van der Waals surface area contributed by atoms with Crippen molar-refractivity contribution in [3.05, 3.63) is 40.4 Å². The van der Waals surface area contributed by atoms with E-state index in [1.807, 2.05) is 0 Å². The summed E-state index contributed by atoms with van der Waals surface area (Å²) in [5.74, 6) is 1.53. The van der Waals surface area contributed by atoms with Crippen molar-refractivity contribution >= 4 is 27.9 Å². The van der Waals surface area contributed by atoms with E-state index in [1.54, 1.807) is 25.1 Å². The van der Waals surface area contributed by atoms with Crippen LogP contribution in [0.3, 0.4) is 0 Å². The maximum atomic E-state index is 12.0. The van der Waals surface area contributed by atoms with Crippen LogP contribution in [0.5, 0.6) is 5.75 Å². The lowest BCUT2D eigenvalue weighted by Crippen LogP contribution is -2.19. The third kappa shape index (κ3) is 5.46. The van der Waals surface area contributed by atoms with E-state index < -0.39 is 18.0 Å². The highest BCUT2D eigenvalue weighted by atomic mass is 79.9. The van der Waals surface area contributed by atoms with Crippen LogP contribution in [-0.2, 0) is 19.1 Å². The number of hydrogen-bond acceptors (Lipinski definition) is 5. The van der Waals surface area contributed by atoms with E-state index in [9.17, 15) is 9.59 Å². The largest absolute Gasteiger partial charge is 0.481 e. The van der Waals surface area contributed by atoms with Crippen LogP contribution in [0, 0.1) is 12.3 Å². The predicted octanol–water partition coefficient (Wildman–Crippen LogP) is 3.18. The molecule has 1 aromatic carbocycles. The lowest BCUT2D eigenvalue weighted by atomic mass is 10.0. The van der Waals surface area contributed by atoms with Gasteiger partial charge in [0.1, 0.15) is 12.4 Å². The van der Waals surface area contributed by atoms with Crippen molar-refractivity contribution in [1.82, 2.24) is 0 Å². The van der Waals surface area contributed by atoms with Gasteiger partial charge in [0.25, 0.3) is 0 Å². The number of benzene rings is 1. The Morgan fingerprint density at radius 3 is 2.70 bits per heavy atom. The third-order valence-corrected chi connectivity index (χ3v) is 3.20. The van der Waals surface area contributed by atoms with E-state index in [4.69, 9.17) is 20.6 Å². The summed E-state index contributed by atoms with van der Waals surface area (Å²) in [6.07, 6.45) is 4.17. The quantitative estimate of drug-likeness (QED) is 0.413. The molecule has 6 heteroatoms. The summed E-state index contributed by atoms with van der Waals surface area (Å²) in [6.45, 7) is 6.82. The Bertz CT molecular complexity index is 645. The SMILES string of the molecule is C#CCOc1ccc(Br)cc1C(OC(C)=O)C(=C)C(=O)OCC. The van der Waals surface area contributed by atoms with Gasteiger partial charge in [-0.15, -0.1) is 6.42 Å². The molecule has 0 saturated carbocycles. The van der Waals surface area contributed by atoms with Crippen LogP contribution in [0.2, 0.25) is 0 Å². The van der Waals surface area contributed by atoms with Crippen LogP contribution in [0.25, 0.3) is 0 Å². The van der Waals surface area contributed by atoms with Crippen molar-refractivity contribution in [1.29, 1.82) is 0 Å². The van der Waals surface area contributed by atoms with Gasteiger partial charge in [0.05, 0.1) is 12.2 Å². The van der Waals surface area contributed by atoms with Gasteiger partial charge in [0.2, 0.25) is 0 Å². The highest BCUT2D eigenvalue weighted by Gasteiger charge is 2.28. The number of halogens is 1. The van der Waals surface area contributed by atoms with Gasteiger partial charge < -0.3 is 14.2 Å². The van der Waals surface area contributed by atoms with Crippen LogP contribution < -0.4 is 4.74 Å². The summed E-state index contributed by atoms with van der Waals surface area (Å²) in [6, 6.07) is 5.07. The molecule has 0 N–H and O–H groups in total. The monoisotopic (exact) mass is 380 g/mol. The Morgan fingerprint density at radius 1 is 1.43 bits per heavy atom. The van der Waals surface area contributed by atoms with Crippen molar-refractivity contribution < 1.29 is 23.8 Å². The number of ether oxygens (including phenoxy) is 3. The fourth-order valence-electron chi connectivity index (χ4n) is 1.79. The smallest absolute Gasteiger partial charge is 0.337 e. The highest BCUT2D eigenvalue weighted by Crippen LogP contribution is 2.35. The van der Waals surface area contributed by atoms with Gasteiger partial charge >= 0.3 is 11.9 Å². The molecule has 1 unspecified atom stereocenters. The first kappa shape index (κ1) is 18.8. The van der Waals surface area contributed by atoms with Gasteiger partial charge in [-0.3, -0.25) is 4.79 Å². The Kier molecular flexibility index (Phi) is 7.36. The number of carbonyl (C=O) groups excluding carboxylic acids is 2. The first-order valence-electron chi connectivity index (χ1n) is 6.79. The second-order valence-electron chi connectivity index (χ2n) is 4.41. The molecular weight excluding hydrogens is 364 g/mol. The van der Waals surface area contributed by atoms with Crippen LogP contribution in [0.15, 0.2) is 34.8 Å². The minimum atomic E-state index is -1.03. The molecule has 0 saturated heterocycles. The van der Waals surface area contributed by atoms with Crippen LogP contribution in [0.4, 0.5) is 0 Å². The molecule has 0 aliphatic carbocycles. The molecule has 0 radical (unpaired) electrons. The van der Waals surface area contributed by atoms with Gasteiger partial charge in [-0.1, -0.05) is 28.4 Å². The molecule has 1 rings (SSSR count). The number of terminal acetylenes is 1. The van der Waals surface area contributed by atoms with Crippen molar-refractivity contribution in [3.8, 4) is 18.1 Å². The predicted molar refractivity (Wildman–Crippen MR) is 88.8 cm³/mol. The molecule has 0 spiro atoms. The normalized spacial score (nSPS) is 11.0. The summed E-state index contributed by atoms with van der Waals surface area (Å²) in [5, 5.41) is 0. The maximum absolute atomic E-state index is 12.0. The van der Waals surface area contributed by atoms with Crippen molar-refractivity contribution in [3.63, 3.8) is 0 Å². The highest BCUT2D eigenvalue weighted by molar-refractivity contribution is 9.10. The van der Waals surface area contributed by atoms with E-state index in [1.165, 1.54) is 6.92 Å². The molecule has 0 amide bonds. The molecule has 1 aromatic rings. The average Bonchev–Trinajstić information content (AvgIpc) is 2.50. The maximum Gasteiger partial charge on any atom is 0.337 e. The Balaban J connectivity index is 3.28. The second kappa shape index (κ2) is 9.01. The molecule has 0 aliphatic rings. The topological polar surface area (TPSA) is 61.8 Å². The van der Waals surface area contributed by atoms with Crippen molar-refractivity contribution in [2.45, 2.75) is 20.0 Å². The second-order valence-corrected chi connectivity index (χ2v) is 5.33. The standard InChI is InChI=1S/C17H17BrO5/c1-5-9-22-15-8-7-13(18)10-14(15)16(23-12(4)19)11(3)17(20)21-6-2/h1,7-8,10,16H,3,6,9H2,2,4H3. The van der Waals surface area contributed by atoms with Gasteiger partial charge in [-0.05, 0) is 25.1 Å². The van der Waals surface area contributed by atoms with Gasteiger partial charge in [-0.2, -0.15) is 0 Å². The minimum Gasteiger partial charge on any atom is -0.481 e. The number of esters is 2. The average molecular weight is 381 g/mol. The van der Waals surface area contributed by atoms with Crippen molar-refractivity contribution in [2.24, 2.45) is 0 Å². The Hall–Kier alpha value is -2.26. The molecule has 5 nitrogen and oxygen atoms in total. The molecule has 0 heterocycles. The van der Waals surface area contributed by atoms with Gasteiger partial charge in [-0.25, -0.2) is 4.79 Å². The lowest BCUT2D eigenvalue weighted by molar-refractivity contribution is -0.147. The Morgan fingerprint density at radius 2 is 2.13 bits per heavy atom. The molecule has 23 heavy (non-hydrogen) atoms. The Labute approximate surface area is 143 Å². The molecule has 0 fully saturated rings. The van der Waals surface area contributed by atoms with Gasteiger partial charge in [0, 0.05) is 17.0 Å². The van der Waals surface area contributed by atoms with E-state index in [0.717, 1.165) is 4.47 Å². The first-order valence-corrected chi connectivity index (χ1v) is 7.58. The van der Waals surface area contributed by atoms with Gasteiger partial charge in [0.15, 0.2) is 6.10 Å².